The highest BCUT2D eigenvalue weighted by atomic mass is 32.2. The highest BCUT2D eigenvalue weighted by Gasteiger charge is 2.65. The van der Waals surface area contributed by atoms with Crippen LogP contribution < -0.4 is 4.74 Å². The minimum absolute atomic E-state index is 0.0496. The average molecular weight is 769 g/mol. The van der Waals surface area contributed by atoms with Gasteiger partial charge in [0.2, 0.25) is 0 Å². The van der Waals surface area contributed by atoms with Crippen LogP contribution in [0, 0.1) is 22.7 Å². The Bertz CT molecular complexity index is 1460. The van der Waals surface area contributed by atoms with Gasteiger partial charge >= 0.3 is 0 Å². The van der Waals surface area contributed by atoms with E-state index in [0.29, 0.717) is 13.2 Å². The van der Waals surface area contributed by atoms with Crippen LogP contribution in [0.5, 0.6) is 5.75 Å². The molecule has 2 aliphatic carbocycles. The monoisotopic (exact) mass is 768 g/mol. The first-order chi connectivity index (χ1) is 25.1. The van der Waals surface area contributed by atoms with Gasteiger partial charge in [-0.05, 0) is 86.5 Å². The summed E-state index contributed by atoms with van der Waals surface area (Å²) in [4.78, 5) is 1.26. The van der Waals surface area contributed by atoms with Crippen LogP contribution in [-0.4, -0.2) is 73.4 Å². The average Bonchev–Trinajstić information content (AvgIpc) is 3.28. The molecule has 2 bridgehead atoms. The second-order valence-electron chi connectivity index (χ2n) is 17.4. The predicted octanol–water partition coefficient (Wildman–Crippen LogP) is 10.7. The van der Waals surface area contributed by atoms with Gasteiger partial charge in [-0.1, -0.05) is 82.7 Å². The van der Waals surface area contributed by atoms with E-state index in [2.05, 4.69) is 116 Å². The van der Waals surface area contributed by atoms with E-state index in [1.54, 1.807) is 21.3 Å². The maximum absolute atomic E-state index is 7.36. The Labute approximate surface area is 326 Å². The fourth-order valence-corrected chi connectivity index (χ4v) is 10.6. The zero-order chi connectivity index (χ0) is 38.9. The minimum Gasteiger partial charge on any atom is -0.497 e. The lowest BCUT2D eigenvalue weighted by molar-refractivity contribution is -0.168. The molecular formula is C44H68O7SSi. The van der Waals surface area contributed by atoms with Crippen molar-refractivity contribution in [3.05, 3.63) is 84.5 Å². The van der Waals surface area contributed by atoms with E-state index in [1.165, 1.54) is 10.5 Å². The number of thioether (sulfide) groups is 1. The lowest BCUT2D eigenvalue weighted by Gasteiger charge is -2.46. The molecule has 53 heavy (non-hydrogen) atoms. The van der Waals surface area contributed by atoms with E-state index in [1.807, 2.05) is 23.9 Å². The van der Waals surface area contributed by atoms with Crippen LogP contribution in [0.1, 0.15) is 72.8 Å². The first kappa shape index (κ1) is 43.8. The molecule has 0 amide bonds. The van der Waals surface area contributed by atoms with Gasteiger partial charge < -0.3 is 32.8 Å². The Morgan fingerprint density at radius 2 is 1.64 bits per heavy atom. The summed E-state index contributed by atoms with van der Waals surface area (Å²) in [5.41, 5.74) is 1.54. The normalized spacial score (nSPS) is 25.7. The van der Waals surface area contributed by atoms with E-state index in [0.717, 1.165) is 42.7 Å². The Morgan fingerprint density at radius 1 is 0.962 bits per heavy atom. The molecule has 2 fully saturated rings. The number of methoxy groups -OCH3 is 3. The van der Waals surface area contributed by atoms with Gasteiger partial charge in [0.05, 0.1) is 38.1 Å². The zero-order valence-corrected chi connectivity index (χ0v) is 36.3. The van der Waals surface area contributed by atoms with Gasteiger partial charge in [-0.25, -0.2) is 0 Å². The van der Waals surface area contributed by atoms with Crippen molar-refractivity contribution in [3.8, 4) is 5.75 Å². The predicted molar refractivity (Wildman–Crippen MR) is 220 cm³/mol. The summed E-state index contributed by atoms with van der Waals surface area (Å²) in [5.74, 6) is 2.12. The molecule has 0 N–H and O–H groups in total. The standard InChI is InChI=1S/C44H68O7SSi/c1-13-44-29-43(7,50-32-46-9)38(40(44)49-31-45-8)25-24-37(44)34(28-52-36-17-15-14-16-18-36)21-26-39(51-53(11,12)41(2,3)4)42(5,6)30-48-27-33-19-22-35(47-10)23-20-33/h13-23,37-40H,1,24-32H2,2-12H3/b34-21-/t37-,38+,39-,40+,43+,44-/m0/s1. The minimum atomic E-state index is -2.15. The number of hydrogen-bond acceptors (Lipinski definition) is 8. The summed E-state index contributed by atoms with van der Waals surface area (Å²) in [6.45, 7) is 24.6. The number of hydrogen-bond donors (Lipinski definition) is 0. The summed E-state index contributed by atoms with van der Waals surface area (Å²) in [6, 6.07) is 18.8. The number of ether oxygens (including phenoxy) is 6. The largest absolute Gasteiger partial charge is 0.497 e. The zero-order valence-electron chi connectivity index (χ0n) is 34.5. The SMILES string of the molecule is C=C[C@]12C[C@@](C)(OCOC)[C@H](CC[C@H]1/C(=C\C[C@H](O[Si](C)(C)C(C)(C)C)C(C)(C)COCc1ccc(OC)cc1)CSc1ccccc1)[C@H]2OCOC. The van der Waals surface area contributed by atoms with E-state index < -0.39 is 13.9 Å². The number of rotatable bonds is 21. The highest BCUT2D eigenvalue weighted by molar-refractivity contribution is 7.99. The molecule has 0 heterocycles. The summed E-state index contributed by atoms with van der Waals surface area (Å²) in [7, 11) is 2.92. The third-order valence-electron chi connectivity index (χ3n) is 12.2. The summed E-state index contributed by atoms with van der Waals surface area (Å²) in [5, 5.41) is 0.0642. The van der Waals surface area contributed by atoms with E-state index in [-0.39, 0.29) is 53.5 Å². The van der Waals surface area contributed by atoms with Gasteiger partial charge in [0.1, 0.15) is 19.3 Å². The van der Waals surface area contributed by atoms with Crippen molar-refractivity contribution >= 4 is 20.1 Å². The fraction of sp³-hybridized carbons (Fsp3) is 0.636. The Morgan fingerprint density at radius 3 is 2.25 bits per heavy atom. The third-order valence-corrected chi connectivity index (χ3v) is 17.8. The molecule has 4 rings (SSSR count). The van der Waals surface area contributed by atoms with Gasteiger partial charge in [-0.3, -0.25) is 0 Å². The second kappa shape index (κ2) is 18.8. The summed E-state index contributed by atoms with van der Waals surface area (Å²) >= 11 is 1.90. The molecule has 0 aliphatic heterocycles. The van der Waals surface area contributed by atoms with Crippen LogP contribution in [0.4, 0.5) is 0 Å². The van der Waals surface area contributed by atoms with Crippen LogP contribution in [0.25, 0.3) is 0 Å². The lowest BCUT2D eigenvalue weighted by Crippen LogP contribution is -2.49. The maximum Gasteiger partial charge on any atom is 0.192 e. The molecule has 0 spiro atoms. The van der Waals surface area contributed by atoms with Crippen molar-refractivity contribution in [1.82, 2.24) is 0 Å². The topological polar surface area (TPSA) is 64.6 Å². The van der Waals surface area contributed by atoms with Crippen LogP contribution in [0.15, 0.2) is 83.8 Å². The Balaban J connectivity index is 1.71. The second-order valence-corrected chi connectivity index (χ2v) is 23.2. The van der Waals surface area contributed by atoms with E-state index in [9.17, 15) is 0 Å². The van der Waals surface area contributed by atoms with Crippen molar-refractivity contribution in [1.29, 1.82) is 0 Å². The molecule has 2 saturated carbocycles. The molecule has 9 heteroatoms. The van der Waals surface area contributed by atoms with Crippen LogP contribution in [-0.2, 0) is 34.7 Å². The van der Waals surface area contributed by atoms with E-state index in [4.69, 9.17) is 32.8 Å². The molecule has 6 atom stereocenters. The maximum atomic E-state index is 7.36. The summed E-state index contributed by atoms with van der Waals surface area (Å²) < 4.78 is 43.2. The van der Waals surface area contributed by atoms with E-state index >= 15 is 0 Å². The van der Waals surface area contributed by atoms with Gasteiger partial charge in [0.15, 0.2) is 8.32 Å². The van der Waals surface area contributed by atoms with Gasteiger partial charge in [-0.15, -0.1) is 18.3 Å². The summed E-state index contributed by atoms with van der Waals surface area (Å²) in [6.07, 6.45) is 8.14. The van der Waals surface area contributed by atoms with Gasteiger partial charge in [0, 0.05) is 41.6 Å². The molecule has 2 aromatic carbocycles. The molecule has 0 unspecified atom stereocenters. The molecule has 0 saturated heterocycles. The quantitative estimate of drug-likeness (QED) is 0.0538. The number of fused-ring (bicyclic) bond motifs is 2. The van der Waals surface area contributed by atoms with Crippen LogP contribution in [0.2, 0.25) is 18.1 Å². The Hall–Kier alpha value is -1.95. The van der Waals surface area contributed by atoms with Crippen LogP contribution >= 0.6 is 11.8 Å². The molecule has 2 aromatic rings. The van der Waals surface area contributed by atoms with Crippen LogP contribution in [0.3, 0.4) is 0 Å². The molecule has 0 radical (unpaired) electrons. The first-order valence-electron chi connectivity index (χ1n) is 19.2. The fourth-order valence-electron chi connectivity index (χ4n) is 8.10. The van der Waals surface area contributed by atoms with Crippen molar-refractivity contribution in [2.24, 2.45) is 22.7 Å². The molecule has 296 valence electrons. The van der Waals surface area contributed by atoms with Gasteiger partial charge in [0.25, 0.3) is 0 Å². The van der Waals surface area contributed by atoms with Crippen molar-refractivity contribution < 1.29 is 32.8 Å². The van der Waals surface area contributed by atoms with Crippen molar-refractivity contribution in [2.75, 3.05) is 47.3 Å². The highest BCUT2D eigenvalue weighted by Crippen LogP contribution is 2.63. The van der Waals surface area contributed by atoms with Gasteiger partial charge in [-0.2, -0.15) is 0 Å². The molecule has 7 nitrogen and oxygen atoms in total. The lowest BCUT2D eigenvalue weighted by atomic mass is 9.63. The molecule has 2 aliphatic rings. The third kappa shape index (κ3) is 10.7. The molecule has 0 aromatic heterocycles. The molecular weight excluding hydrogens is 701 g/mol. The first-order valence-corrected chi connectivity index (χ1v) is 23.1. The van der Waals surface area contributed by atoms with Crippen molar-refractivity contribution in [2.45, 2.75) is 115 Å². The number of benzene rings is 2. The van der Waals surface area contributed by atoms with Crippen molar-refractivity contribution in [3.63, 3.8) is 0 Å². The smallest absolute Gasteiger partial charge is 0.192 e. The Kier molecular flexibility index (Phi) is 15.5.